The van der Waals surface area contributed by atoms with Crippen molar-refractivity contribution in [3.63, 3.8) is 0 Å². The molecule has 0 unspecified atom stereocenters. The maximum Gasteiger partial charge on any atom is 0.178 e. The lowest BCUT2D eigenvalue weighted by molar-refractivity contribution is 0.622. The molecule has 0 saturated heterocycles. The molecule has 0 aliphatic rings. The molecule has 6 nitrogen and oxygen atoms in total. The lowest BCUT2D eigenvalue weighted by Crippen LogP contribution is -2.16. The van der Waals surface area contributed by atoms with Crippen LogP contribution in [0.5, 0.6) is 0 Å². The first kappa shape index (κ1) is 27.2. The van der Waals surface area contributed by atoms with E-state index in [2.05, 4.69) is 39.0 Å². The van der Waals surface area contributed by atoms with Crippen LogP contribution in [0.3, 0.4) is 0 Å². The zero-order valence-electron chi connectivity index (χ0n) is 21.5. The number of hydrogen-bond acceptors (Lipinski definition) is 5. The molecule has 2 aromatic carbocycles. The number of anilines is 1. The minimum absolute atomic E-state index is 0.00309. The van der Waals surface area contributed by atoms with Gasteiger partial charge in [0.1, 0.15) is 11.5 Å². The molecular weight excluding hydrogens is 463 g/mol. The van der Waals surface area contributed by atoms with E-state index in [0.29, 0.717) is 35.4 Å². The van der Waals surface area contributed by atoms with Crippen LogP contribution >= 0.6 is 0 Å². The maximum absolute atomic E-state index is 15.8. The lowest BCUT2D eigenvalue weighted by Gasteiger charge is -2.13. The molecule has 5 N–H and O–H groups in total. The molecular formula is C30H33FN6. The molecule has 37 heavy (non-hydrogen) atoms. The first-order valence-electron chi connectivity index (χ1n) is 12.2. The van der Waals surface area contributed by atoms with Gasteiger partial charge in [0.15, 0.2) is 11.5 Å². The standard InChI is InChI=1S/C28H27FN6.C2H6/c1-3-18(16-32-17-19-9-6-5-7-10-19)15-20(4-2)21-12-13-22(30)24(25(21)29)26(31)28-34-23-11-8-14-33-27(23)35-28;1-2/h3-15,31-32H,1,16-17,30H2,2H3,(H,33,34,35);1-2H3/b18-15+,20-4+,31-26?;. The van der Waals surface area contributed by atoms with Crippen molar-refractivity contribution in [1.82, 2.24) is 20.3 Å². The van der Waals surface area contributed by atoms with Crippen LogP contribution in [0.1, 0.15) is 43.3 Å². The molecule has 0 fully saturated rings. The Labute approximate surface area is 217 Å². The largest absolute Gasteiger partial charge is 0.398 e. The van der Waals surface area contributed by atoms with Gasteiger partial charge >= 0.3 is 0 Å². The Morgan fingerprint density at radius 3 is 2.57 bits per heavy atom. The zero-order chi connectivity index (χ0) is 26.8. The number of aromatic nitrogens is 3. The highest BCUT2D eigenvalue weighted by atomic mass is 19.1. The molecule has 0 saturated carbocycles. The molecule has 0 radical (unpaired) electrons. The van der Waals surface area contributed by atoms with Gasteiger partial charge in [0, 0.05) is 30.5 Å². The normalized spacial score (nSPS) is 11.7. The predicted molar refractivity (Wildman–Crippen MR) is 152 cm³/mol. The number of H-pyrrole nitrogens is 1. The van der Waals surface area contributed by atoms with Gasteiger partial charge in [-0.3, -0.25) is 5.41 Å². The molecule has 0 atom stereocenters. The lowest BCUT2D eigenvalue weighted by atomic mass is 9.96. The maximum atomic E-state index is 15.8. The van der Waals surface area contributed by atoms with Gasteiger partial charge in [0.2, 0.25) is 0 Å². The van der Waals surface area contributed by atoms with Crippen LogP contribution < -0.4 is 11.1 Å². The molecule has 0 aliphatic heterocycles. The van der Waals surface area contributed by atoms with E-state index in [0.717, 1.165) is 5.57 Å². The number of rotatable bonds is 9. The van der Waals surface area contributed by atoms with E-state index in [9.17, 15) is 0 Å². The minimum Gasteiger partial charge on any atom is -0.398 e. The number of imidazole rings is 1. The second-order valence-electron chi connectivity index (χ2n) is 7.98. The molecule has 190 valence electrons. The van der Waals surface area contributed by atoms with Crippen molar-refractivity contribution < 1.29 is 4.39 Å². The summed E-state index contributed by atoms with van der Waals surface area (Å²) in [5, 5.41) is 12.0. The molecule has 4 rings (SSSR count). The van der Waals surface area contributed by atoms with Crippen LogP contribution in [0.15, 0.2) is 91.2 Å². The Kier molecular flexibility index (Phi) is 9.63. The third kappa shape index (κ3) is 6.45. The van der Waals surface area contributed by atoms with E-state index in [1.165, 1.54) is 5.56 Å². The summed E-state index contributed by atoms with van der Waals surface area (Å²) in [4.78, 5) is 11.5. The van der Waals surface area contributed by atoms with E-state index in [-0.39, 0.29) is 22.8 Å². The van der Waals surface area contributed by atoms with Crippen molar-refractivity contribution in [2.45, 2.75) is 27.3 Å². The Balaban J connectivity index is 0.00000186. The highest BCUT2D eigenvalue weighted by Gasteiger charge is 2.21. The Morgan fingerprint density at radius 1 is 1.14 bits per heavy atom. The van der Waals surface area contributed by atoms with Crippen molar-refractivity contribution in [2.24, 2.45) is 0 Å². The van der Waals surface area contributed by atoms with E-state index >= 15 is 4.39 Å². The number of halogens is 1. The highest BCUT2D eigenvalue weighted by Crippen LogP contribution is 2.29. The van der Waals surface area contributed by atoms with Gasteiger partial charge < -0.3 is 16.0 Å². The summed E-state index contributed by atoms with van der Waals surface area (Å²) in [6.45, 7) is 11.0. The van der Waals surface area contributed by atoms with Crippen LogP contribution in [0.4, 0.5) is 10.1 Å². The number of allylic oxidation sites excluding steroid dienone is 3. The monoisotopic (exact) mass is 496 g/mol. The number of aromatic amines is 1. The second kappa shape index (κ2) is 13.1. The summed E-state index contributed by atoms with van der Waals surface area (Å²) in [7, 11) is 0. The molecule has 2 heterocycles. The molecule has 4 aromatic rings. The molecule has 0 bridgehead atoms. The molecule has 0 aliphatic carbocycles. The average molecular weight is 497 g/mol. The number of hydrogen-bond donors (Lipinski definition) is 4. The number of fused-ring (bicyclic) bond motifs is 1. The van der Waals surface area contributed by atoms with Gasteiger partial charge in [-0.05, 0) is 47.9 Å². The van der Waals surface area contributed by atoms with Gasteiger partial charge in [0.25, 0.3) is 0 Å². The van der Waals surface area contributed by atoms with Gasteiger partial charge in [-0.15, -0.1) is 0 Å². The summed E-state index contributed by atoms with van der Waals surface area (Å²) in [6, 6.07) is 16.9. The number of nitrogen functional groups attached to an aromatic ring is 1. The van der Waals surface area contributed by atoms with Gasteiger partial charge in [0.05, 0.1) is 11.1 Å². The third-order valence-electron chi connectivity index (χ3n) is 5.64. The average Bonchev–Trinajstić information content (AvgIpc) is 3.37. The van der Waals surface area contributed by atoms with Crippen LogP contribution in [-0.4, -0.2) is 27.2 Å². The van der Waals surface area contributed by atoms with Crippen LogP contribution in [0.25, 0.3) is 16.7 Å². The predicted octanol–water partition coefficient (Wildman–Crippen LogP) is 6.43. The number of nitrogens with zero attached hydrogens (tertiary/aromatic N) is 2. The smallest absolute Gasteiger partial charge is 0.178 e. The summed E-state index contributed by atoms with van der Waals surface area (Å²) in [6.07, 6.45) is 7.08. The Morgan fingerprint density at radius 2 is 1.89 bits per heavy atom. The Hall–Kier alpha value is -4.36. The van der Waals surface area contributed by atoms with Crippen molar-refractivity contribution in [1.29, 1.82) is 5.41 Å². The minimum atomic E-state index is -0.576. The van der Waals surface area contributed by atoms with Crippen molar-refractivity contribution >= 4 is 28.1 Å². The van der Waals surface area contributed by atoms with Crippen molar-refractivity contribution in [3.05, 3.63) is 120 Å². The SMILES string of the molecule is C=C/C(=C\C(=C/C)c1ccc(N)c(C(=N)c2nc3ncccc3[nH]2)c1F)CNCc1ccccc1.CC. The van der Waals surface area contributed by atoms with Crippen molar-refractivity contribution in [2.75, 3.05) is 12.3 Å². The van der Waals surface area contributed by atoms with Gasteiger partial charge in [-0.25, -0.2) is 14.4 Å². The number of pyridine rings is 1. The second-order valence-corrected chi connectivity index (χ2v) is 7.98. The Bertz CT molecular complexity index is 1400. The molecule has 7 heteroatoms. The quantitative estimate of drug-likeness (QED) is 0.122. The fraction of sp³-hybridized carbons (Fsp3) is 0.167. The van der Waals surface area contributed by atoms with E-state index in [1.807, 2.05) is 51.1 Å². The van der Waals surface area contributed by atoms with Crippen LogP contribution in [-0.2, 0) is 6.54 Å². The highest BCUT2D eigenvalue weighted by molar-refractivity contribution is 6.13. The van der Waals surface area contributed by atoms with E-state index in [4.69, 9.17) is 11.1 Å². The summed E-state index contributed by atoms with van der Waals surface area (Å²) in [5.74, 6) is -0.371. The summed E-state index contributed by atoms with van der Waals surface area (Å²) >= 11 is 0. The van der Waals surface area contributed by atoms with Gasteiger partial charge in [-0.2, -0.15) is 0 Å². The first-order chi connectivity index (χ1) is 18.0. The van der Waals surface area contributed by atoms with E-state index in [1.54, 1.807) is 36.5 Å². The fourth-order valence-corrected chi connectivity index (χ4v) is 3.80. The first-order valence-corrected chi connectivity index (χ1v) is 12.2. The fourth-order valence-electron chi connectivity index (χ4n) is 3.80. The summed E-state index contributed by atoms with van der Waals surface area (Å²) < 4.78 is 15.8. The summed E-state index contributed by atoms with van der Waals surface area (Å²) in [5.41, 5.74) is 10.4. The molecule has 0 spiro atoms. The molecule has 0 amide bonds. The van der Waals surface area contributed by atoms with Crippen LogP contribution in [0.2, 0.25) is 0 Å². The van der Waals surface area contributed by atoms with E-state index < -0.39 is 5.82 Å². The number of benzene rings is 2. The van der Waals surface area contributed by atoms with Crippen LogP contribution in [0, 0.1) is 11.2 Å². The van der Waals surface area contributed by atoms with Gasteiger partial charge in [-0.1, -0.05) is 69.0 Å². The zero-order valence-corrected chi connectivity index (χ0v) is 21.5. The van der Waals surface area contributed by atoms with Crippen molar-refractivity contribution in [3.8, 4) is 0 Å². The molecule has 2 aromatic heterocycles. The number of nitrogens with two attached hydrogens (primary N) is 1. The number of nitrogens with one attached hydrogen (secondary N) is 3. The third-order valence-corrected chi connectivity index (χ3v) is 5.64. The topological polar surface area (TPSA) is 103 Å².